The summed E-state index contributed by atoms with van der Waals surface area (Å²) in [5.41, 5.74) is 0.00870. The normalized spacial score (nSPS) is 28.9. The summed E-state index contributed by atoms with van der Waals surface area (Å²) in [7, 11) is 0. The Kier molecular flexibility index (Phi) is 5.18. The van der Waals surface area contributed by atoms with E-state index in [0.717, 1.165) is 19.4 Å². The van der Waals surface area contributed by atoms with E-state index in [0.29, 0.717) is 13.1 Å². The molecule has 3 N–H and O–H groups in total. The highest BCUT2D eigenvalue weighted by atomic mass is 16.3. The summed E-state index contributed by atoms with van der Waals surface area (Å²) < 4.78 is 0. The van der Waals surface area contributed by atoms with Crippen LogP contribution in [-0.4, -0.2) is 59.2 Å². The van der Waals surface area contributed by atoms with Crippen molar-refractivity contribution in [2.24, 2.45) is 11.3 Å². The lowest BCUT2D eigenvalue weighted by atomic mass is 9.87. The molecule has 1 aliphatic rings. The van der Waals surface area contributed by atoms with Gasteiger partial charge < -0.3 is 15.3 Å². The van der Waals surface area contributed by atoms with Gasteiger partial charge in [0.15, 0.2) is 0 Å². The highest BCUT2D eigenvalue weighted by Gasteiger charge is 2.40. The zero-order valence-electron chi connectivity index (χ0n) is 10.4. The summed E-state index contributed by atoms with van der Waals surface area (Å²) in [6.45, 7) is 6.32. The number of hydrogen-bond acceptors (Lipinski definition) is 4. The molecule has 0 amide bonds. The van der Waals surface area contributed by atoms with Crippen LogP contribution >= 0.6 is 0 Å². The Bertz CT molecular complexity index is 202. The lowest BCUT2D eigenvalue weighted by Gasteiger charge is -2.29. The molecular weight excluding hydrogens is 206 g/mol. The second-order valence-electron chi connectivity index (χ2n) is 5.48. The molecule has 0 spiro atoms. The van der Waals surface area contributed by atoms with Crippen molar-refractivity contribution in [1.82, 2.24) is 4.90 Å². The Morgan fingerprint density at radius 2 is 1.75 bits per heavy atom. The van der Waals surface area contributed by atoms with Crippen molar-refractivity contribution in [2.75, 3.05) is 32.8 Å². The minimum absolute atomic E-state index is 0.00870. The van der Waals surface area contributed by atoms with Gasteiger partial charge in [-0.2, -0.15) is 0 Å². The minimum Gasteiger partial charge on any atom is -0.395 e. The topological polar surface area (TPSA) is 63.9 Å². The molecule has 0 aromatic carbocycles. The first-order valence-electron chi connectivity index (χ1n) is 6.13. The molecule has 4 heteroatoms. The fourth-order valence-corrected chi connectivity index (χ4v) is 2.60. The van der Waals surface area contributed by atoms with E-state index in [4.69, 9.17) is 10.2 Å². The molecule has 0 aliphatic heterocycles. The molecule has 1 rings (SSSR count). The van der Waals surface area contributed by atoms with Gasteiger partial charge in [-0.05, 0) is 24.2 Å². The molecule has 0 bridgehead atoms. The van der Waals surface area contributed by atoms with Crippen LogP contribution in [0, 0.1) is 11.3 Å². The van der Waals surface area contributed by atoms with Gasteiger partial charge in [-0.25, -0.2) is 0 Å². The van der Waals surface area contributed by atoms with Gasteiger partial charge >= 0.3 is 0 Å². The van der Waals surface area contributed by atoms with Gasteiger partial charge in [-0.15, -0.1) is 0 Å². The number of rotatable bonds is 6. The Morgan fingerprint density at radius 3 is 2.12 bits per heavy atom. The van der Waals surface area contributed by atoms with Crippen LogP contribution in [0.5, 0.6) is 0 Å². The van der Waals surface area contributed by atoms with Crippen molar-refractivity contribution in [2.45, 2.75) is 32.8 Å². The monoisotopic (exact) mass is 231 g/mol. The van der Waals surface area contributed by atoms with E-state index in [1.807, 2.05) is 4.90 Å². The molecule has 0 aromatic rings. The summed E-state index contributed by atoms with van der Waals surface area (Å²) in [4.78, 5) is 2.02. The molecule has 2 atom stereocenters. The highest BCUT2D eigenvalue weighted by molar-refractivity contribution is 4.92. The lowest BCUT2D eigenvalue weighted by Crippen LogP contribution is -2.39. The molecule has 0 radical (unpaired) electrons. The zero-order valence-corrected chi connectivity index (χ0v) is 10.4. The van der Waals surface area contributed by atoms with E-state index in [2.05, 4.69) is 13.8 Å². The summed E-state index contributed by atoms with van der Waals surface area (Å²) in [6, 6.07) is 0. The van der Waals surface area contributed by atoms with Gasteiger partial charge in [-0.1, -0.05) is 13.8 Å². The van der Waals surface area contributed by atoms with Gasteiger partial charge in [0.2, 0.25) is 0 Å². The van der Waals surface area contributed by atoms with Crippen LogP contribution in [0.2, 0.25) is 0 Å². The third-order valence-electron chi connectivity index (χ3n) is 3.73. The first kappa shape index (κ1) is 13.9. The summed E-state index contributed by atoms with van der Waals surface area (Å²) >= 11 is 0. The van der Waals surface area contributed by atoms with Crippen LogP contribution in [0.25, 0.3) is 0 Å². The van der Waals surface area contributed by atoms with Crippen molar-refractivity contribution in [1.29, 1.82) is 0 Å². The Labute approximate surface area is 97.9 Å². The molecule has 0 heterocycles. The SMILES string of the molecule is CC1(C)CCC(CN(CCO)CCO)C1O. The molecule has 4 nitrogen and oxygen atoms in total. The Morgan fingerprint density at radius 1 is 1.19 bits per heavy atom. The molecule has 2 unspecified atom stereocenters. The second kappa shape index (κ2) is 5.96. The standard InChI is InChI=1S/C12H25NO3/c1-12(2)4-3-10(11(12)16)9-13(5-7-14)6-8-15/h10-11,14-16H,3-9H2,1-2H3. The average Bonchev–Trinajstić information content (AvgIpc) is 2.46. The first-order chi connectivity index (χ1) is 7.51. The van der Waals surface area contributed by atoms with Crippen molar-refractivity contribution in [3.8, 4) is 0 Å². The molecule has 1 saturated carbocycles. The summed E-state index contributed by atoms with van der Waals surface area (Å²) in [5.74, 6) is 0.271. The lowest BCUT2D eigenvalue weighted by molar-refractivity contribution is 0.0281. The van der Waals surface area contributed by atoms with Crippen molar-refractivity contribution in [3.63, 3.8) is 0 Å². The van der Waals surface area contributed by atoms with Crippen LogP contribution in [0.3, 0.4) is 0 Å². The maximum Gasteiger partial charge on any atom is 0.0631 e. The largest absolute Gasteiger partial charge is 0.395 e. The molecule has 1 aliphatic carbocycles. The predicted octanol–water partition coefficient (Wildman–Crippen LogP) is 0.0701. The Hall–Kier alpha value is -0.160. The fourth-order valence-electron chi connectivity index (χ4n) is 2.60. The first-order valence-corrected chi connectivity index (χ1v) is 6.13. The number of nitrogens with zero attached hydrogens (tertiary/aromatic N) is 1. The number of aliphatic hydroxyl groups is 3. The quantitative estimate of drug-likeness (QED) is 0.605. The average molecular weight is 231 g/mol. The Balaban J connectivity index is 2.46. The smallest absolute Gasteiger partial charge is 0.0631 e. The van der Waals surface area contributed by atoms with E-state index >= 15 is 0 Å². The second-order valence-corrected chi connectivity index (χ2v) is 5.48. The van der Waals surface area contributed by atoms with Crippen LogP contribution < -0.4 is 0 Å². The summed E-state index contributed by atoms with van der Waals surface area (Å²) in [6.07, 6.45) is 1.80. The summed E-state index contributed by atoms with van der Waals surface area (Å²) in [5, 5.41) is 28.0. The van der Waals surface area contributed by atoms with E-state index in [-0.39, 0.29) is 30.7 Å². The van der Waals surface area contributed by atoms with Crippen LogP contribution in [0.1, 0.15) is 26.7 Å². The van der Waals surface area contributed by atoms with Crippen molar-refractivity contribution < 1.29 is 15.3 Å². The molecule has 0 saturated heterocycles. The fraction of sp³-hybridized carbons (Fsp3) is 1.00. The number of aliphatic hydroxyl groups excluding tert-OH is 3. The highest BCUT2D eigenvalue weighted by Crippen LogP contribution is 2.41. The van der Waals surface area contributed by atoms with E-state index in [1.165, 1.54) is 0 Å². The van der Waals surface area contributed by atoms with Crippen molar-refractivity contribution >= 4 is 0 Å². The van der Waals surface area contributed by atoms with E-state index in [1.54, 1.807) is 0 Å². The third-order valence-corrected chi connectivity index (χ3v) is 3.73. The van der Waals surface area contributed by atoms with Gasteiger partial charge in [0.25, 0.3) is 0 Å². The van der Waals surface area contributed by atoms with Gasteiger partial charge in [0.1, 0.15) is 0 Å². The zero-order chi connectivity index (χ0) is 12.2. The van der Waals surface area contributed by atoms with Crippen LogP contribution in [0.15, 0.2) is 0 Å². The maximum atomic E-state index is 10.2. The van der Waals surface area contributed by atoms with E-state index in [9.17, 15) is 5.11 Å². The maximum absolute atomic E-state index is 10.2. The van der Waals surface area contributed by atoms with Crippen molar-refractivity contribution in [3.05, 3.63) is 0 Å². The van der Waals surface area contributed by atoms with Gasteiger partial charge in [0, 0.05) is 19.6 Å². The molecule has 16 heavy (non-hydrogen) atoms. The molecular formula is C12H25NO3. The predicted molar refractivity (Wildman–Crippen MR) is 63.1 cm³/mol. The van der Waals surface area contributed by atoms with E-state index < -0.39 is 0 Å². The molecule has 96 valence electrons. The molecule has 0 aromatic heterocycles. The third kappa shape index (κ3) is 3.42. The van der Waals surface area contributed by atoms with Crippen LogP contribution in [0.4, 0.5) is 0 Å². The molecule has 1 fully saturated rings. The number of hydrogen-bond donors (Lipinski definition) is 3. The van der Waals surface area contributed by atoms with Gasteiger partial charge in [-0.3, -0.25) is 4.90 Å². The minimum atomic E-state index is -0.271. The van der Waals surface area contributed by atoms with Crippen LogP contribution in [-0.2, 0) is 0 Å². The van der Waals surface area contributed by atoms with Gasteiger partial charge in [0.05, 0.1) is 19.3 Å².